The van der Waals surface area contributed by atoms with E-state index < -0.39 is 11.8 Å². The number of halogens is 3. The fourth-order valence-corrected chi connectivity index (χ4v) is 2.62. The van der Waals surface area contributed by atoms with Gasteiger partial charge in [0.05, 0.1) is 11.9 Å². The van der Waals surface area contributed by atoms with Crippen molar-refractivity contribution >= 4 is 5.65 Å². The normalized spacial score (nSPS) is 16.8. The minimum Gasteiger partial charge on any atom is -0.461 e. The molecule has 3 heterocycles. The van der Waals surface area contributed by atoms with Crippen LogP contribution in [0.3, 0.4) is 0 Å². The van der Waals surface area contributed by atoms with E-state index in [1.165, 1.54) is 18.6 Å². The van der Waals surface area contributed by atoms with Crippen LogP contribution in [0.2, 0.25) is 0 Å². The van der Waals surface area contributed by atoms with E-state index >= 15 is 0 Å². The molecule has 3 aromatic rings. The molecule has 0 spiro atoms. The van der Waals surface area contributed by atoms with Gasteiger partial charge in [-0.15, -0.1) is 10.2 Å². The highest BCUT2D eigenvalue weighted by molar-refractivity contribution is 5.58. The molecule has 1 fully saturated rings. The number of nitrogens with zero attached hydrogens (tertiary/aromatic N) is 5. The monoisotopic (exact) mass is 335 g/mol. The minimum absolute atomic E-state index is 0.0359. The molecule has 24 heavy (non-hydrogen) atoms. The Kier molecular flexibility index (Phi) is 3.19. The maximum absolute atomic E-state index is 13.1. The summed E-state index contributed by atoms with van der Waals surface area (Å²) >= 11 is 0. The van der Waals surface area contributed by atoms with E-state index in [4.69, 9.17) is 4.74 Å². The van der Waals surface area contributed by atoms with E-state index in [0.717, 1.165) is 0 Å². The second kappa shape index (κ2) is 5.15. The maximum atomic E-state index is 13.1. The van der Waals surface area contributed by atoms with Gasteiger partial charge in [-0.2, -0.15) is 13.2 Å². The first kappa shape index (κ1) is 14.9. The summed E-state index contributed by atoms with van der Waals surface area (Å²) in [7, 11) is 0. The van der Waals surface area contributed by atoms with E-state index in [-0.39, 0.29) is 18.7 Å². The van der Waals surface area contributed by atoms with Gasteiger partial charge < -0.3 is 4.74 Å². The number of hydrogen-bond donors (Lipinski definition) is 0. The van der Waals surface area contributed by atoms with Gasteiger partial charge in [-0.1, -0.05) is 0 Å². The Hall–Kier alpha value is -2.71. The third-order valence-electron chi connectivity index (χ3n) is 4.19. The predicted molar refractivity (Wildman–Crippen MR) is 77.3 cm³/mol. The number of aromatic nitrogens is 5. The van der Waals surface area contributed by atoms with E-state index in [1.54, 1.807) is 22.9 Å². The first-order valence-electron chi connectivity index (χ1n) is 7.34. The molecule has 0 aromatic carbocycles. The predicted octanol–water partition coefficient (Wildman–Crippen LogP) is 3.05. The molecule has 1 saturated carbocycles. The van der Waals surface area contributed by atoms with E-state index in [0.29, 0.717) is 23.3 Å². The molecule has 0 atom stereocenters. The fraction of sp³-hybridized carbons (Fsp3) is 0.333. The summed E-state index contributed by atoms with van der Waals surface area (Å²) in [6.45, 7) is 0. The van der Waals surface area contributed by atoms with Crippen molar-refractivity contribution in [1.29, 1.82) is 0 Å². The molecule has 0 aliphatic heterocycles. The van der Waals surface area contributed by atoms with Crippen LogP contribution >= 0.6 is 0 Å². The lowest BCUT2D eigenvalue weighted by molar-refractivity contribution is -0.275. The highest BCUT2D eigenvalue weighted by Crippen LogP contribution is 2.47. The number of hydrogen-bond acceptors (Lipinski definition) is 5. The van der Waals surface area contributed by atoms with Gasteiger partial charge in [0.15, 0.2) is 5.65 Å². The van der Waals surface area contributed by atoms with E-state index in [2.05, 4.69) is 20.2 Å². The van der Waals surface area contributed by atoms with Gasteiger partial charge in [-0.25, -0.2) is 4.98 Å². The van der Waals surface area contributed by atoms with Crippen molar-refractivity contribution in [2.45, 2.75) is 31.0 Å². The lowest BCUT2D eigenvalue weighted by Crippen LogP contribution is -2.55. The standard InChI is InChI=1S/C15H12F3N5O/c16-15(17,18)14(4-1-5-14)24-13-3-2-10(6-20-13)11-8-23-9-21-22-12(23)7-19-11/h2-3,6-9H,1,4-5H2. The molecule has 9 heteroatoms. The van der Waals surface area contributed by atoms with Gasteiger partial charge in [0.25, 0.3) is 0 Å². The van der Waals surface area contributed by atoms with E-state index in [9.17, 15) is 13.2 Å². The van der Waals surface area contributed by atoms with Gasteiger partial charge in [0.1, 0.15) is 6.33 Å². The molecule has 1 aliphatic carbocycles. The Morgan fingerprint density at radius 2 is 1.96 bits per heavy atom. The molecule has 1 aliphatic rings. The topological polar surface area (TPSA) is 65.2 Å². The Morgan fingerprint density at radius 3 is 2.58 bits per heavy atom. The number of ether oxygens (including phenoxy) is 1. The fourth-order valence-electron chi connectivity index (χ4n) is 2.62. The largest absolute Gasteiger partial charge is 0.461 e. The number of rotatable bonds is 3. The molecule has 0 bridgehead atoms. The van der Waals surface area contributed by atoms with Crippen LogP contribution in [0.15, 0.2) is 37.1 Å². The average molecular weight is 335 g/mol. The second-order valence-corrected chi connectivity index (χ2v) is 5.70. The van der Waals surface area contributed by atoms with Crippen LogP contribution in [0.5, 0.6) is 5.88 Å². The van der Waals surface area contributed by atoms with Crippen LogP contribution in [-0.2, 0) is 0 Å². The maximum Gasteiger partial charge on any atom is 0.428 e. The second-order valence-electron chi connectivity index (χ2n) is 5.70. The zero-order chi connectivity index (χ0) is 16.8. The van der Waals surface area contributed by atoms with Crippen molar-refractivity contribution in [2.75, 3.05) is 0 Å². The highest BCUT2D eigenvalue weighted by Gasteiger charge is 2.61. The summed E-state index contributed by atoms with van der Waals surface area (Å²) in [5, 5.41) is 7.62. The van der Waals surface area contributed by atoms with Gasteiger partial charge in [-0.3, -0.25) is 9.38 Å². The third kappa shape index (κ3) is 2.36. The zero-order valence-corrected chi connectivity index (χ0v) is 12.4. The van der Waals surface area contributed by atoms with Gasteiger partial charge in [0, 0.05) is 24.0 Å². The molecule has 0 unspecified atom stereocenters. The molecule has 0 amide bonds. The summed E-state index contributed by atoms with van der Waals surface area (Å²) < 4.78 is 46.2. The number of fused-ring (bicyclic) bond motifs is 1. The van der Waals surface area contributed by atoms with Crippen LogP contribution in [0.1, 0.15) is 19.3 Å². The van der Waals surface area contributed by atoms with Crippen molar-refractivity contribution in [3.8, 4) is 17.1 Å². The van der Waals surface area contributed by atoms with Crippen LogP contribution < -0.4 is 4.74 Å². The van der Waals surface area contributed by atoms with Crippen molar-refractivity contribution in [3.63, 3.8) is 0 Å². The molecule has 0 saturated heterocycles. The van der Waals surface area contributed by atoms with Crippen LogP contribution in [0.4, 0.5) is 13.2 Å². The van der Waals surface area contributed by atoms with Gasteiger partial charge in [0.2, 0.25) is 11.5 Å². The van der Waals surface area contributed by atoms with Crippen molar-refractivity contribution in [3.05, 3.63) is 37.1 Å². The van der Waals surface area contributed by atoms with E-state index in [1.807, 2.05) is 0 Å². The number of pyridine rings is 1. The smallest absolute Gasteiger partial charge is 0.428 e. The Labute approximate surface area is 134 Å². The zero-order valence-electron chi connectivity index (χ0n) is 12.4. The minimum atomic E-state index is -4.40. The Balaban J connectivity index is 1.58. The molecule has 3 aromatic heterocycles. The van der Waals surface area contributed by atoms with Gasteiger partial charge in [-0.05, 0) is 25.3 Å². The lowest BCUT2D eigenvalue weighted by atomic mass is 9.79. The highest BCUT2D eigenvalue weighted by atomic mass is 19.4. The Morgan fingerprint density at radius 1 is 1.12 bits per heavy atom. The molecular weight excluding hydrogens is 323 g/mol. The molecule has 6 nitrogen and oxygen atoms in total. The molecule has 124 valence electrons. The summed E-state index contributed by atoms with van der Waals surface area (Å²) in [6, 6.07) is 3.06. The van der Waals surface area contributed by atoms with Gasteiger partial charge >= 0.3 is 6.18 Å². The molecule has 0 N–H and O–H groups in total. The van der Waals surface area contributed by atoms with Crippen LogP contribution in [0, 0.1) is 0 Å². The summed E-state index contributed by atoms with van der Waals surface area (Å²) in [6.07, 6.45) is 2.28. The molecular formula is C15H12F3N5O. The Bertz CT molecular complexity index is 871. The summed E-state index contributed by atoms with van der Waals surface area (Å²) in [5.74, 6) is -0.0406. The molecule has 4 rings (SSSR count). The quantitative estimate of drug-likeness (QED) is 0.736. The first-order valence-corrected chi connectivity index (χ1v) is 7.34. The van der Waals surface area contributed by atoms with Crippen LogP contribution in [0.25, 0.3) is 16.9 Å². The van der Waals surface area contributed by atoms with Crippen molar-refractivity contribution in [1.82, 2.24) is 24.6 Å². The lowest BCUT2D eigenvalue weighted by Gasteiger charge is -2.42. The van der Waals surface area contributed by atoms with Crippen LogP contribution in [-0.4, -0.2) is 36.3 Å². The number of alkyl halides is 3. The van der Waals surface area contributed by atoms with Crippen molar-refractivity contribution < 1.29 is 17.9 Å². The van der Waals surface area contributed by atoms with Crippen molar-refractivity contribution in [2.24, 2.45) is 0 Å². The SMILES string of the molecule is FC(F)(F)C1(Oc2ccc(-c3cn4cnnc4cn3)cn2)CCC1. The average Bonchev–Trinajstić information content (AvgIpc) is 2.97. The molecule has 0 radical (unpaired) electrons. The first-order chi connectivity index (χ1) is 11.5. The third-order valence-corrected chi connectivity index (χ3v) is 4.19. The summed E-state index contributed by atoms with van der Waals surface area (Å²) in [4.78, 5) is 8.24. The summed E-state index contributed by atoms with van der Waals surface area (Å²) in [5.41, 5.74) is -0.229.